The normalized spacial score (nSPS) is 19.2. The molecule has 0 saturated heterocycles. The van der Waals surface area contributed by atoms with E-state index < -0.39 is 11.9 Å². The molecule has 1 aliphatic heterocycles. The van der Waals surface area contributed by atoms with E-state index in [0.29, 0.717) is 23.3 Å². The molecule has 0 amide bonds. The van der Waals surface area contributed by atoms with Crippen LogP contribution in [0.3, 0.4) is 0 Å². The smallest absolute Gasteiger partial charge is 0.310 e. The molecule has 1 aliphatic rings. The molecule has 0 bridgehead atoms. The standard InChI is InChI=1S/C11H11FO3/c1-6-2-9(12)4-7-3-8(11(13)14)5-15-10(6)7/h2,4,8H,3,5H2,1H3,(H,13,14). The van der Waals surface area contributed by atoms with Crippen LogP contribution in [0.4, 0.5) is 4.39 Å². The van der Waals surface area contributed by atoms with Gasteiger partial charge in [-0.15, -0.1) is 0 Å². The summed E-state index contributed by atoms with van der Waals surface area (Å²) in [4.78, 5) is 10.8. The molecule has 0 aromatic heterocycles. The molecule has 0 saturated carbocycles. The van der Waals surface area contributed by atoms with Gasteiger partial charge in [0.25, 0.3) is 0 Å². The Labute approximate surface area is 86.5 Å². The van der Waals surface area contributed by atoms with E-state index in [0.717, 1.165) is 0 Å². The minimum atomic E-state index is -0.900. The van der Waals surface area contributed by atoms with Gasteiger partial charge in [0.15, 0.2) is 0 Å². The fourth-order valence-electron chi connectivity index (χ4n) is 1.82. The molecule has 0 spiro atoms. The van der Waals surface area contributed by atoms with Gasteiger partial charge in [0.1, 0.15) is 18.2 Å². The number of benzene rings is 1. The number of carboxylic acid groups (broad SMARTS) is 1. The average Bonchev–Trinajstić information content (AvgIpc) is 2.16. The molecule has 1 atom stereocenters. The molecular formula is C11H11FO3. The predicted molar refractivity (Wildman–Crippen MR) is 51.5 cm³/mol. The van der Waals surface area contributed by atoms with Crippen LogP contribution in [0.5, 0.6) is 5.75 Å². The van der Waals surface area contributed by atoms with Crippen molar-refractivity contribution in [2.45, 2.75) is 13.3 Å². The van der Waals surface area contributed by atoms with Crippen molar-refractivity contribution >= 4 is 5.97 Å². The zero-order valence-electron chi connectivity index (χ0n) is 8.29. The van der Waals surface area contributed by atoms with Crippen LogP contribution in [0.2, 0.25) is 0 Å². The van der Waals surface area contributed by atoms with E-state index in [2.05, 4.69) is 0 Å². The van der Waals surface area contributed by atoms with Crippen molar-refractivity contribution in [3.05, 3.63) is 29.1 Å². The molecule has 0 fully saturated rings. The van der Waals surface area contributed by atoms with Crippen molar-refractivity contribution in [1.29, 1.82) is 0 Å². The number of halogens is 1. The zero-order valence-corrected chi connectivity index (χ0v) is 8.29. The summed E-state index contributed by atoms with van der Waals surface area (Å²) in [5, 5.41) is 8.83. The lowest BCUT2D eigenvalue weighted by Crippen LogP contribution is -2.28. The molecule has 4 heteroatoms. The van der Waals surface area contributed by atoms with Crippen molar-refractivity contribution < 1.29 is 19.0 Å². The van der Waals surface area contributed by atoms with Crippen LogP contribution >= 0.6 is 0 Å². The first-order chi connectivity index (χ1) is 7.08. The van der Waals surface area contributed by atoms with Gasteiger partial charge in [-0.1, -0.05) is 0 Å². The maximum absolute atomic E-state index is 13.1. The first kappa shape index (κ1) is 9.96. The molecule has 80 valence electrons. The first-order valence-corrected chi connectivity index (χ1v) is 4.72. The highest BCUT2D eigenvalue weighted by atomic mass is 19.1. The van der Waals surface area contributed by atoms with Gasteiger partial charge in [-0.25, -0.2) is 4.39 Å². The summed E-state index contributed by atoms with van der Waals surface area (Å²) in [6.07, 6.45) is 0.337. The second-order valence-electron chi connectivity index (χ2n) is 3.76. The Kier molecular flexibility index (Phi) is 2.34. The second-order valence-corrected chi connectivity index (χ2v) is 3.76. The largest absolute Gasteiger partial charge is 0.492 e. The Hall–Kier alpha value is -1.58. The van der Waals surface area contributed by atoms with E-state index in [1.54, 1.807) is 6.92 Å². The second kappa shape index (κ2) is 3.53. The molecule has 0 radical (unpaired) electrons. The molecule has 1 aromatic rings. The van der Waals surface area contributed by atoms with Crippen LogP contribution in [-0.4, -0.2) is 17.7 Å². The number of aryl methyl sites for hydroxylation is 1. The van der Waals surface area contributed by atoms with Gasteiger partial charge in [-0.2, -0.15) is 0 Å². The lowest BCUT2D eigenvalue weighted by atomic mass is 9.95. The molecule has 15 heavy (non-hydrogen) atoms. The van der Waals surface area contributed by atoms with E-state index >= 15 is 0 Å². The lowest BCUT2D eigenvalue weighted by molar-refractivity contribution is -0.143. The molecule has 1 heterocycles. The maximum atomic E-state index is 13.1. The fraction of sp³-hybridized carbons (Fsp3) is 0.364. The first-order valence-electron chi connectivity index (χ1n) is 4.72. The Morgan fingerprint density at radius 1 is 1.60 bits per heavy atom. The van der Waals surface area contributed by atoms with E-state index in [4.69, 9.17) is 9.84 Å². The summed E-state index contributed by atoms with van der Waals surface area (Å²) in [7, 11) is 0. The summed E-state index contributed by atoms with van der Waals surface area (Å²) in [6.45, 7) is 1.91. The van der Waals surface area contributed by atoms with Gasteiger partial charge in [0.2, 0.25) is 0 Å². The number of carbonyl (C=O) groups is 1. The minimum Gasteiger partial charge on any atom is -0.492 e. The maximum Gasteiger partial charge on any atom is 0.310 e. The third-order valence-electron chi connectivity index (χ3n) is 2.56. The molecule has 2 rings (SSSR count). The van der Waals surface area contributed by atoms with Gasteiger partial charge in [0.05, 0.1) is 5.92 Å². The number of rotatable bonds is 1. The molecule has 1 aromatic carbocycles. The SMILES string of the molecule is Cc1cc(F)cc2c1OCC(C(=O)O)C2. The molecule has 1 unspecified atom stereocenters. The van der Waals surface area contributed by atoms with Crippen LogP contribution in [0.25, 0.3) is 0 Å². The lowest BCUT2D eigenvalue weighted by Gasteiger charge is -2.23. The number of carboxylic acids is 1. The van der Waals surface area contributed by atoms with Crippen LogP contribution in [0, 0.1) is 18.7 Å². The van der Waals surface area contributed by atoms with E-state index in [-0.39, 0.29) is 12.4 Å². The van der Waals surface area contributed by atoms with Crippen molar-refractivity contribution in [2.24, 2.45) is 5.92 Å². The van der Waals surface area contributed by atoms with Gasteiger partial charge in [-0.05, 0) is 36.6 Å². The Morgan fingerprint density at radius 3 is 3.00 bits per heavy atom. The third-order valence-corrected chi connectivity index (χ3v) is 2.56. The monoisotopic (exact) mass is 210 g/mol. The minimum absolute atomic E-state index is 0.162. The quantitative estimate of drug-likeness (QED) is 0.768. The Morgan fingerprint density at radius 2 is 2.33 bits per heavy atom. The highest BCUT2D eigenvalue weighted by Crippen LogP contribution is 2.31. The Balaban J connectivity index is 2.37. The van der Waals surface area contributed by atoms with Crippen LogP contribution in [0.1, 0.15) is 11.1 Å². The number of fused-ring (bicyclic) bond motifs is 1. The fourth-order valence-corrected chi connectivity index (χ4v) is 1.82. The van der Waals surface area contributed by atoms with Crippen LogP contribution in [-0.2, 0) is 11.2 Å². The molecular weight excluding hydrogens is 199 g/mol. The van der Waals surface area contributed by atoms with E-state index in [1.807, 2.05) is 0 Å². The average molecular weight is 210 g/mol. The highest BCUT2D eigenvalue weighted by Gasteiger charge is 2.26. The summed E-state index contributed by atoms with van der Waals surface area (Å²) in [5.41, 5.74) is 1.36. The molecule has 1 N–H and O–H groups in total. The highest BCUT2D eigenvalue weighted by molar-refractivity contribution is 5.71. The summed E-state index contributed by atoms with van der Waals surface area (Å²) < 4.78 is 18.4. The van der Waals surface area contributed by atoms with Crippen LogP contribution in [0.15, 0.2) is 12.1 Å². The molecule has 0 aliphatic carbocycles. The summed E-state index contributed by atoms with van der Waals surface area (Å²) in [5.74, 6) is -1.18. The molecule has 3 nitrogen and oxygen atoms in total. The van der Waals surface area contributed by atoms with E-state index in [9.17, 15) is 9.18 Å². The van der Waals surface area contributed by atoms with Crippen molar-refractivity contribution in [3.63, 3.8) is 0 Å². The topological polar surface area (TPSA) is 46.5 Å². The van der Waals surface area contributed by atoms with Gasteiger partial charge in [0, 0.05) is 0 Å². The van der Waals surface area contributed by atoms with Crippen molar-refractivity contribution in [1.82, 2.24) is 0 Å². The van der Waals surface area contributed by atoms with E-state index in [1.165, 1.54) is 12.1 Å². The Bertz CT molecular complexity index is 415. The summed E-state index contributed by atoms with van der Waals surface area (Å²) >= 11 is 0. The van der Waals surface area contributed by atoms with Gasteiger partial charge in [-0.3, -0.25) is 4.79 Å². The number of aliphatic carboxylic acids is 1. The summed E-state index contributed by atoms with van der Waals surface area (Å²) in [6, 6.07) is 2.73. The van der Waals surface area contributed by atoms with Crippen molar-refractivity contribution in [2.75, 3.05) is 6.61 Å². The number of ether oxygens (including phenoxy) is 1. The predicted octanol–water partition coefficient (Wildman–Crippen LogP) is 1.77. The van der Waals surface area contributed by atoms with Crippen molar-refractivity contribution in [3.8, 4) is 5.75 Å². The van der Waals surface area contributed by atoms with Gasteiger partial charge < -0.3 is 9.84 Å². The van der Waals surface area contributed by atoms with Crippen LogP contribution < -0.4 is 4.74 Å². The number of hydrogen-bond acceptors (Lipinski definition) is 2. The number of hydrogen-bond donors (Lipinski definition) is 1. The van der Waals surface area contributed by atoms with Gasteiger partial charge >= 0.3 is 5.97 Å². The zero-order chi connectivity index (χ0) is 11.0. The third kappa shape index (κ3) is 1.79.